The van der Waals surface area contributed by atoms with Crippen molar-refractivity contribution in [3.05, 3.63) is 52.0 Å². The zero-order valence-corrected chi connectivity index (χ0v) is 17.2. The fourth-order valence-corrected chi connectivity index (χ4v) is 4.18. The summed E-state index contributed by atoms with van der Waals surface area (Å²) in [5.41, 5.74) is 2.88. The van der Waals surface area contributed by atoms with Crippen molar-refractivity contribution in [2.24, 2.45) is 0 Å². The van der Waals surface area contributed by atoms with Gasteiger partial charge in [-0.05, 0) is 49.7 Å². The maximum absolute atomic E-state index is 10.7. The minimum Gasteiger partial charge on any atom is -0.481 e. The highest BCUT2D eigenvalue weighted by Crippen LogP contribution is 2.32. The van der Waals surface area contributed by atoms with E-state index in [2.05, 4.69) is 17.2 Å². The van der Waals surface area contributed by atoms with Crippen LogP contribution < -0.4 is 5.32 Å². The van der Waals surface area contributed by atoms with E-state index >= 15 is 0 Å². The summed E-state index contributed by atoms with van der Waals surface area (Å²) in [6.45, 7) is 4.06. The number of carboxylic acids is 1. The molecule has 0 atom stereocenters. The molecular formula is C19H18ClN3O2S2. The van der Waals surface area contributed by atoms with Gasteiger partial charge >= 0.3 is 5.97 Å². The van der Waals surface area contributed by atoms with E-state index in [-0.39, 0.29) is 5.75 Å². The quantitative estimate of drug-likeness (QED) is 0.482. The Bertz CT molecular complexity index is 958. The molecule has 0 spiro atoms. The minimum atomic E-state index is -0.826. The lowest BCUT2D eigenvalue weighted by Crippen LogP contribution is -2.05. The van der Waals surface area contributed by atoms with Crippen molar-refractivity contribution in [2.45, 2.75) is 25.2 Å². The fraction of sp³-hybridized carbons (Fsp3) is 0.211. The summed E-state index contributed by atoms with van der Waals surface area (Å²) in [5, 5.41) is 12.1. The topological polar surface area (TPSA) is 75.1 Å². The number of aryl methyl sites for hydroxylation is 1. The van der Waals surface area contributed by atoms with Crippen molar-refractivity contribution in [2.75, 3.05) is 11.1 Å². The number of halogens is 1. The molecule has 3 rings (SSSR count). The summed E-state index contributed by atoms with van der Waals surface area (Å²) in [5.74, 6) is 0.644. The molecule has 27 heavy (non-hydrogen) atoms. The van der Waals surface area contributed by atoms with Gasteiger partial charge in [0.25, 0.3) is 0 Å². The third-order valence-corrected chi connectivity index (χ3v) is 6.06. The molecule has 0 amide bonds. The van der Waals surface area contributed by atoms with Gasteiger partial charge in [-0.25, -0.2) is 9.97 Å². The molecule has 2 N–H and O–H groups in total. The van der Waals surface area contributed by atoms with Gasteiger partial charge in [0.05, 0.1) is 15.0 Å². The second-order valence-corrected chi connectivity index (χ2v) is 8.51. The molecule has 8 heteroatoms. The van der Waals surface area contributed by atoms with Gasteiger partial charge in [-0.1, -0.05) is 18.5 Å². The van der Waals surface area contributed by atoms with E-state index in [1.807, 2.05) is 43.3 Å². The molecule has 1 aromatic carbocycles. The van der Waals surface area contributed by atoms with Gasteiger partial charge in [-0.15, -0.1) is 23.1 Å². The number of rotatable bonds is 7. The maximum atomic E-state index is 10.7. The van der Waals surface area contributed by atoms with Crippen molar-refractivity contribution >= 4 is 52.2 Å². The first-order valence-electron chi connectivity index (χ1n) is 8.31. The number of carbonyl (C=O) groups is 1. The number of nitrogens with one attached hydrogen (secondary N) is 1. The summed E-state index contributed by atoms with van der Waals surface area (Å²) in [4.78, 5) is 21.9. The van der Waals surface area contributed by atoms with E-state index < -0.39 is 5.97 Å². The molecule has 2 aromatic heterocycles. The Morgan fingerprint density at radius 1 is 1.22 bits per heavy atom. The van der Waals surface area contributed by atoms with Crippen LogP contribution in [0.15, 0.2) is 41.3 Å². The van der Waals surface area contributed by atoms with Gasteiger partial charge in [-0.3, -0.25) is 4.79 Å². The summed E-state index contributed by atoms with van der Waals surface area (Å²) in [6, 6.07) is 11.4. The zero-order chi connectivity index (χ0) is 19.4. The predicted molar refractivity (Wildman–Crippen MR) is 113 cm³/mol. The second kappa shape index (κ2) is 8.73. The van der Waals surface area contributed by atoms with Gasteiger partial charge in [-0.2, -0.15) is 0 Å². The Hall–Kier alpha value is -2.09. The normalized spacial score (nSPS) is 10.8. The standard InChI is InChI=1S/C19H18ClN3O2S2/c1-3-14-11(2)21-19(15-8-9-16(20)27-15)23-18(14)22-12-4-6-13(7-5-12)26-10-17(24)25/h4-9H,3,10H2,1-2H3,(H,24,25)(H,21,22,23). The molecule has 0 fully saturated rings. The van der Waals surface area contributed by atoms with E-state index in [1.165, 1.54) is 23.1 Å². The molecule has 0 radical (unpaired) electrons. The Labute approximate surface area is 170 Å². The number of carboxylic acid groups (broad SMARTS) is 1. The summed E-state index contributed by atoms with van der Waals surface area (Å²) in [6.07, 6.45) is 0.812. The van der Waals surface area contributed by atoms with Crippen molar-refractivity contribution in [3.63, 3.8) is 0 Å². The number of aliphatic carboxylic acids is 1. The van der Waals surface area contributed by atoms with Gasteiger partial charge in [0.2, 0.25) is 0 Å². The van der Waals surface area contributed by atoms with Crippen LogP contribution in [0.5, 0.6) is 0 Å². The van der Waals surface area contributed by atoms with E-state index in [0.29, 0.717) is 10.2 Å². The van der Waals surface area contributed by atoms with Crippen LogP contribution in [0.3, 0.4) is 0 Å². The first-order valence-corrected chi connectivity index (χ1v) is 10.5. The molecule has 0 bridgehead atoms. The molecule has 3 aromatic rings. The number of hydrogen-bond donors (Lipinski definition) is 2. The highest BCUT2D eigenvalue weighted by molar-refractivity contribution is 8.00. The van der Waals surface area contributed by atoms with Crippen LogP contribution in [0.1, 0.15) is 18.2 Å². The molecule has 0 unspecified atom stereocenters. The Morgan fingerprint density at radius 2 is 1.96 bits per heavy atom. The van der Waals surface area contributed by atoms with Gasteiger partial charge < -0.3 is 10.4 Å². The summed E-state index contributed by atoms with van der Waals surface area (Å²) >= 11 is 8.79. The number of anilines is 2. The smallest absolute Gasteiger partial charge is 0.313 e. The summed E-state index contributed by atoms with van der Waals surface area (Å²) < 4.78 is 0.703. The number of aromatic nitrogens is 2. The van der Waals surface area contributed by atoms with Crippen molar-refractivity contribution < 1.29 is 9.90 Å². The van der Waals surface area contributed by atoms with E-state index in [0.717, 1.165) is 39.0 Å². The molecule has 0 aliphatic heterocycles. The molecule has 5 nitrogen and oxygen atoms in total. The first kappa shape index (κ1) is 19.7. The van der Waals surface area contributed by atoms with Crippen molar-refractivity contribution in [1.29, 1.82) is 0 Å². The molecule has 0 aliphatic rings. The molecule has 0 saturated carbocycles. The van der Waals surface area contributed by atoms with Gasteiger partial charge in [0.1, 0.15) is 5.82 Å². The highest BCUT2D eigenvalue weighted by Gasteiger charge is 2.13. The van der Waals surface area contributed by atoms with Crippen molar-refractivity contribution in [1.82, 2.24) is 9.97 Å². The first-order chi connectivity index (χ1) is 13.0. The van der Waals surface area contributed by atoms with Crippen LogP contribution >= 0.6 is 34.7 Å². The number of hydrogen-bond acceptors (Lipinski definition) is 6. The number of benzene rings is 1. The summed E-state index contributed by atoms with van der Waals surface area (Å²) in [7, 11) is 0. The van der Waals surface area contributed by atoms with Crippen LogP contribution in [0, 0.1) is 6.92 Å². The maximum Gasteiger partial charge on any atom is 0.313 e. The van der Waals surface area contributed by atoms with Gasteiger partial charge in [0.15, 0.2) is 5.82 Å². The SMILES string of the molecule is CCc1c(C)nc(-c2ccc(Cl)s2)nc1Nc1ccc(SCC(=O)O)cc1. The lowest BCUT2D eigenvalue weighted by atomic mass is 10.1. The van der Waals surface area contributed by atoms with Crippen LogP contribution in [0.2, 0.25) is 4.34 Å². The largest absolute Gasteiger partial charge is 0.481 e. The van der Waals surface area contributed by atoms with Crippen LogP contribution in [-0.4, -0.2) is 26.8 Å². The molecule has 0 saturated heterocycles. The predicted octanol–water partition coefficient (Wildman–Crippen LogP) is 5.65. The van der Waals surface area contributed by atoms with E-state index in [4.69, 9.17) is 21.7 Å². The number of nitrogens with zero attached hydrogens (tertiary/aromatic N) is 2. The van der Waals surface area contributed by atoms with Crippen LogP contribution in [0.4, 0.5) is 11.5 Å². The average Bonchev–Trinajstić information content (AvgIpc) is 3.07. The Balaban J connectivity index is 1.86. The van der Waals surface area contributed by atoms with E-state index in [9.17, 15) is 4.79 Å². The lowest BCUT2D eigenvalue weighted by molar-refractivity contribution is -0.133. The molecule has 140 valence electrons. The average molecular weight is 420 g/mol. The Kier molecular flexibility index (Phi) is 6.36. The zero-order valence-electron chi connectivity index (χ0n) is 14.8. The highest BCUT2D eigenvalue weighted by atomic mass is 35.5. The number of thiophene rings is 1. The Morgan fingerprint density at radius 3 is 2.56 bits per heavy atom. The third kappa shape index (κ3) is 5.00. The monoisotopic (exact) mass is 419 g/mol. The molecule has 2 heterocycles. The molecule has 0 aliphatic carbocycles. The third-order valence-electron chi connectivity index (χ3n) is 3.84. The molecular weight excluding hydrogens is 402 g/mol. The lowest BCUT2D eigenvalue weighted by Gasteiger charge is -2.14. The van der Waals surface area contributed by atoms with Crippen LogP contribution in [0.25, 0.3) is 10.7 Å². The minimum absolute atomic E-state index is 0.0462. The fourth-order valence-electron chi connectivity index (χ4n) is 2.58. The van der Waals surface area contributed by atoms with Crippen molar-refractivity contribution in [3.8, 4) is 10.7 Å². The second-order valence-electron chi connectivity index (χ2n) is 5.75. The number of thioether (sulfide) groups is 1. The van der Waals surface area contributed by atoms with Gasteiger partial charge in [0, 0.05) is 21.8 Å². The van der Waals surface area contributed by atoms with Crippen LogP contribution in [-0.2, 0) is 11.2 Å². The van der Waals surface area contributed by atoms with E-state index in [1.54, 1.807) is 0 Å².